The van der Waals surface area contributed by atoms with E-state index in [0.717, 1.165) is 12.8 Å². The first kappa shape index (κ1) is 23.3. The molecule has 1 aliphatic carbocycles. The molecule has 0 aromatic heterocycles. The number of nitrogens with one attached hydrogen (secondary N) is 1. The number of hydrogen-bond acceptors (Lipinski definition) is 5. The van der Waals surface area contributed by atoms with E-state index in [1.165, 1.54) is 17.5 Å². The number of benzene rings is 1. The molecule has 0 heterocycles. The molecule has 0 unspecified atom stereocenters. The topological polar surface area (TPSA) is 92.8 Å². The number of ether oxygens (including phenoxy) is 1. The lowest BCUT2D eigenvalue weighted by Gasteiger charge is -2.37. The van der Waals surface area contributed by atoms with Gasteiger partial charge in [0.15, 0.2) is 0 Å². The third-order valence-corrected chi connectivity index (χ3v) is 8.02. The molecule has 0 bridgehead atoms. The van der Waals surface area contributed by atoms with E-state index in [0.29, 0.717) is 37.4 Å². The fraction of sp³-hybridized carbons (Fsp3) is 0.619. The summed E-state index contributed by atoms with van der Waals surface area (Å²) >= 11 is 0. The predicted octanol–water partition coefficient (Wildman–Crippen LogP) is 2.88. The lowest BCUT2D eigenvalue weighted by molar-refractivity contribution is -0.150. The largest absolute Gasteiger partial charge is 0.467 e. The highest BCUT2D eigenvalue weighted by atomic mass is 32.2. The van der Waals surface area contributed by atoms with Crippen molar-refractivity contribution in [1.29, 1.82) is 0 Å². The van der Waals surface area contributed by atoms with Crippen LogP contribution in [0.1, 0.15) is 62.4 Å². The summed E-state index contributed by atoms with van der Waals surface area (Å²) in [6, 6.07) is 4.61. The number of sulfonamides is 1. The Morgan fingerprint density at radius 2 is 1.79 bits per heavy atom. The van der Waals surface area contributed by atoms with E-state index >= 15 is 0 Å². The number of rotatable bonds is 7. The molecule has 0 saturated heterocycles. The Labute approximate surface area is 173 Å². The van der Waals surface area contributed by atoms with Gasteiger partial charge in [0.05, 0.1) is 12.0 Å². The van der Waals surface area contributed by atoms with E-state index < -0.39 is 27.4 Å². The van der Waals surface area contributed by atoms with Gasteiger partial charge >= 0.3 is 5.97 Å². The lowest BCUT2D eigenvalue weighted by Crippen LogP contribution is -2.56. The molecule has 0 atom stereocenters. The highest BCUT2D eigenvalue weighted by Gasteiger charge is 2.43. The van der Waals surface area contributed by atoms with Crippen molar-refractivity contribution >= 4 is 21.9 Å². The molecule has 0 spiro atoms. The van der Waals surface area contributed by atoms with Gasteiger partial charge in [0.25, 0.3) is 5.91 Å². The summed E-state index contributed by atoms with van der Waals surface area (Å²) in [7, 11) is -2.39. The van der Waals surface area contributed by atoms with Crippen LogP contribution in [-0.2, 0) is 19.6 Å². The van der Waals surface area contributed by atoms with E-state index in [1.807, 2.05) is 0 Å². The summed E-state index contributed by atoms with van der Waals surface area (Å²) in [4.78, 5) is 25.6. The van der Waals surface area contributed by atoms with Crippen LogP contribution in [0, 0.1) is 12.8 Å². The molecule has 1 aromatic carbocycles. The minimum Gasteiger partial charge on any atom is -0.467 e. The Morgan fingerprint density at radius 1 is 1.21 bits per heavy atom. The number of amides is 1. The van der Waals surface area contributed by atoms with Crippen molar-refractivity contribution in [1.82, 2.24) is 9.62 Å². The monoisotopic (exact) mass is 424 g/mol. The third-order valence-electron chi connectivity index (χ3n) is 5.83. The highest BCUT2D eigenvalue weighted by Crippen LogP contribution is 2.33. The molecule has 1 fully saturated rings. The van der Waals surface area contributed by atoms with Gasteiger partial charge in [-0.25, -0.2) is 13.2 Å². The summed E-state index contributed by atoms with van der Waals surface area (Å²) in [5.41, 5.74) is -0.285. The van der Waals surface area contributed by atoms with Crippen LogP contribution in [-0.4, -0.2) is 50.3 Å². The van der Waals surface area contributed by atoms with Gasteiger partial charge in [0, 0.05) is 18.7 Å². The van der Waals surface area contributed by atoms with Gasteiger partial charge < -0.3 is 10.1 Å². The average Bonchev–Trinajstić information content (AvgIpc) is 2.70. The zero-order valence-electron chi connectivity index (χ0n) is 17.9. The molecule has 1 N–H and O–H groups in total. The van der Waals surface area contributed by atoms with Gasteiger partial charge in [0.1, 0.15) is 5.54 Å². The van der Waals surface area contributed by atoms with Crippen LogP contribution in [0.4, 0.5) is 0 Å². The van der Waals surface area contributed by atoms with Crippen LogP contribution >= 0.6 is 0 Å². The molecule has 162 valence electrons. The Hall–Kier alpha value is -1.93. The van der Waals surface area contributed by atoms with Crippen molar-refractivity contribution < 1.29 is 22.7 Å². The van der Waals surface area contributed by atoms with Gasteiger partial charge in [-0.2, -0.15) is 4.31 Å². The van der Waals surface area contributed by atoms with Crippen LogP contribution in [0.2, 0.25) is 0 Å². The molecule has 2 rings (SSSR count). The van der Waals surface area contributed by atoms with Crippen molar-refractivity contribution in [2.45, 2.75) is 63.8 Å². The second kappa shape index (κ2) is 9.26. The molecular weight excluding hydrogens is 392 g/mol. The maximum absolute atomic E-state index is 13.0. The SMILES string of the molecule is CCN(CC)S(=O)(=O)c1cc(C(=O)NC2(C(=O)OC)CCC(C)CC2)ccc1C. The molecule has 1 aliphatic rings. The summed E-state index contributed by atoms with van der Waals surface area (Å²) in [5.74, 6) is -0.448. The molecular formula is C21H32N2O5S. The number of carbonyl (C=O) groups excluding carboxylic acids is 2. The third kappa shape index (κ3) is 4.80. The Morgan fingerprint density at radius 3 is 2.31 bits per heavy atom. The molecule has 8 heteroatoms. The van der Waals surface area contributed by atoms with Gasteiger partial charge in [-0.3, -0.25) is 4.79 Å². The molecule has 7 nitrogen and oxygen atoms in total. The van der Waals surface area contributed by atoms with Crippen molar-refractivity contribution in [2.24, 2.45) is 5.92 Å². The van der Waals surface area contributed by atoms with Crippen LogP contribution < -0.4 is 5.32 Å². The second-order valence-electron chi connectivity index (χ2n) is 7.78. The van der Waals surface area contributed by atoms with Crippen LogP contribution in [0.15, 0.2) is 23.1 Å². The van der Waals surface area contributed by atoms with Crippen LogP contribution in [0.5, 0.6) is 0 Å². The zero-order chi connectivity index (χ0) is 21.8. The van der Waals surface area contributed by atoms with Crippen molar-refractivity contribution in [3.05, 3.63) is 29.3 Å². The van der Waals surface area contributed by atoms with Crippen molar-refractivity contribution in [3.63, 3.8) is 0 Å². The summed E-state index contributed by atoms with van der Waals surface area (Å²) < 4.78 is 32.2. The normalized spacial score (nSPS) is 22.3. The van der Waals surface area contributed by atoms with Gasteiger partial charge in [-0.05, 0) is 56.2 Å². The summed E-state index contributed by atoms with van der Waals surface area (Å²) in [6.45, 7) is 8.06. The Balaban J connectivity index is 2.37. The molecule has 29 heavy (non-hydrogen) atoms. The molecule has 1 aromatic rings. The lowest BCUT2D eigenvalue weighted by atomic mass is 9.77. The quantitative estimate of drug-likeness (QED) is 0.680. The van der Waals surface area contributed by atoms with E-state index in [4.69, 9.17) is 4.74 Å². The van der Waals surface area contributed by atoms with Gasteiger partial charge in [-0.15, -0.1) is 0 Å². The Bertz CT molecular complexity index is 854. The molecule has 0 aliphatic heterocycles. The summed E-state index contributed by atoms with van der Waals surface area (Å²) in [5, 5.41) is 2.85. The smallest absolute Gasteiger partial charge is 0.331 e. The maximum atomic E-state index is 13.0. The number of aryl methyl sites for hydroxylation is 1. The van der Waals surface area contributed by atoms with Crippen LogP contribution in [0.25, 0.3) is 0 Å². The standard InChI is InChI=1S/C21H32N2O5S/c1-6-23(7-2)29(26,27)18-14-17(9-8-16(18)4)19(24)22-21(20(25)28-5)12-10-15(3)11-13-21/h8-9,14-15H,6-7,10-13H2,1-5H3,(H,22,24). The molecule has 1 saturated carbocycles. The van der Waals surface area contributed by atoms with E-state index in [1.54, 1.807) is 32.9 Å². The highest BCUT2D eigenvalue weighted by molar-refractivity contribution is 7.89. The first-order chi connectivity index (χ1) is 13.6. The van der Waals surface area contributed by atoms with Gasteiger partial charge in [0.2, 0.25) is 10.0 Å². The minimum absolute atomic E-state index is 0.109. The first-order valence-corrected chi connectivity index (χ1v) is 11.6. The summed E-state index contributed by atoms with van der Waals surface area (Å²) in [6.07, 6.45) is 2.63. The minimum atomic E-state index is -3.70. The number of esters is 1. The second-order valence-corrected chi connectivity index (χ2v) is 9.69. The Kier molecular flexibility index (Phi) is 7.45. The zero-order valence-corrected chi connectivity index (χ0v) is 18.8. The number of methoxy groups -OCH3 is 1. The van der Waals surface area contributed by atoms with E-state index in [9.17, 15) is 18.0 Å². The van der Waals surface area contributed by atoms with Crippen molar-refractivity contribution in [3.8, 4) is 0 Å². The van der Waals surface area contributed by atoms with E-state index in [-0.39, 0.29) is 10.5 Å². The average molecular weight is 425 g/mol. The number of nitrogens with zero attached hydrogens (tertiary/aromatic N) is 1. The number of carbonyl (C=O) groups is 2. The number of hydrogen-bond donors (Lipinski definition) is 1. The van der Waals surface area contributed by atoms with Crippen molar-refractivity contribution in [2.75, 3.05) is 20.2 Å². The van der Waals surface area contributed by atoms with Gasteiger partial charge in [-0.1, -0.05) is 26.8 Å². The molecule has 0 radical (unpaired) electrons. The van der Waals surface area contributed by atoms with E-state index in [2.05, 4.69) is 12.2 Å². The first-order valence-electron chi connectivity index (χ1n) is 10.1. The maximum Gasteiger partial charge on any atom is 0.331 e. The fourth-order valence-corrected chi connectivity index (χ4v) is 5.55. The van der Waals surface area contributed by atoms with Crippen LogP contribution in [0.3, 0.4) is 0 Å². The predicted molar refractivity (Wildman–Crippen MR) is 111 cm³/mol. The fourth-order valence-electron chi connectivity index (χ4n) is 3.84. The molecule has 1 amide bonds.